The van der Waals surface area contributed by atoms with Crippen molar-refractivity contribution in [1.82, 2.24) is 4.57 Å². The lowest BCUT2D eigenvalue weighted by Gasteiger charge is -2.10. The number of aryl methyl sites for hydroxylation is 3. The molecule has 0 unspecified atom stereocenters. The zero-order chi connectivity index (χ0) is 18.0. The van der Waals surface area contributed by atoms with Crippen LogP contribution in [-0.2, 0) is 6.54 Å². The van der Waals surface area contributed by atoms with Crippen LogP contribution in [0.1, 0.15) is 32.6 Å². The molecule has 1 aromatic carbocycles. The van der Waals surface area contributed by atoms with Crippen molar-refractivity contribution < 1.29 is 9.72 Å². The number of carbonyl (C=O) groups excluding carboxylic acids is 1. The first-order valence-electron chi connectivity index (χ1n) is 7.14. The summed E-state index contributed by atoms with van der Waals surface area (Å²) in [7, 11) is 0. The maximum atomic E-state index is 12.5. The third kappa shape index (κ3) is 3.22. The number of nitriles is 1. The minimum Gasteiger partial charge on any atom is -0.300 e. The molecular weight excluding hydrogens is 310 g/mol. The van der Waals surface area contributed by atoms with Gasteiger partial charge in [-0.2, -0.15) is 5.26 Å². The van der Waals surface area contributed by atoms with Gasteiger partial charge in [0.15, 0.2) is 5.78 Å². The fourth-order valence-corrected chi connectivity index (χ4v) is 2.42. The lowest BCUT2D eigenvalue weighted by molar-refractivity contribution is -0.385. The molecule has 0 radical (unpaired) electrons. The van der Waals surface area contributed by atoms with Crippen LogP contribution in [0.4, 0.5) is 5.69 Å². The highest BCUT2D eigenvalue weighted by atomic mass is 16.6. The molecule has 122 valence electrons. The largest absolute Gasteiger partial charge is 0.300 e. The number of nitrogens with zero attached hydrogens (tertiary/aromatic N) is 3. The van der Waals surface area contributed by atoms with Gasteiger partial charge in [-0.05, 0) is 43.5 Å². The van der Waals surface area contributed by atoms with Gasteiger partial charge in [0, 0.05) is 11.6 Å². The van der Waals surface area contributed by atoms with Crippen molar-refractivity contribution in [2.75, 3.05) is 0 Å². The molecule has 0 amide bonds. The van der Waals surface area contributed by atoms with Crippen molar-refractivity contribution in [3.63, 3.8) is 0 Å². The normalized spacial score (nSPS) is 10.2. The monoisotopic (exact) mass is 325 g/mol. The summed E-state index contributed by atoms with van der Waals surface area (Å²) in [6.45, 7) is 5.23. The van der Waals surface area contributed by atoms with Gasteiger partial charge < -0.3 is 0 Å². The van der Waals surface area contributed by atoms with E-state index in [9.17, 15) is 19.7 Å². The lowest BCUT2D eigenvalue weighted by atomic mass is 9.98. The quantitative estimate of drug-likeness (QED) is 0.487. The van der Waals surface area contributed by atoms with Gasteiger partial charge >= 0.3 is 0 Å². The zero-order valence-corrected chi connectivity index (χ0v) is 13.5. The molecule has 0 bridgehead atoms. The van der Waals surface area contributed by atoms with Gasteiger partial charge in [-0.25, -0.2) is 0 Å². The molecule has 0 N–H and O–H groups in total. The van der Waals surface area contributed by atoms with E-state index in [-0.39, 0.29) is 17.9 Å². The third-order valence-corrected chi connectivity index (χ3v) is 3.86. The zero-order valence-electron chi connectivity index (χ0n) is 13.5. The van der Waals surface area contributed by atoms with Gasteiger partial charge in [0.2, 0.25) is 0 Å². The minimum atomic E-state index is -0.724. The molecule has 7 heteroatoms. The van der Waals surface area contributed by atoms with Crippen LogP contribution in [0.5, 0.6) is 0 Å². The second-order valence-electron chi connectivity index (χ2n) is 5.59. The summed E-state index contributed by atoms with van der Waals surface area (Å²) in [5.74, 6) is -0.345. The Labute approximate surface area is 137 Å². The Hall–Kier alpha value is -3.27. The van der Waals surface area contributed by atoms with E-state index in [0.717, 1.165) is 33.5 Å². The van der Waals surface area contributed by atoms with E-state index in [0.29, 0.717) is 5.56 Å². The molecule has 2 aromatic rings. The Kier molecular flexibility index (Phi) is 4.60. The maximum Gasteiger partial charge on any atom is 0.287 e. The van der Waals surface area contributed by atoms with Crippen LogP contribution in [0.3, 0.4) is 0 Å². The summed E-state index contributed by atoms with van der Waals surface area (Å²) in [4.78, 5) is 34.8. The van der Waals surface area contributed by atoms with Crippen LogP contribution in [-0.4, -0.2) is 15.3 Å². The van der Waals surface area contributed by atoms with Crippen LogP contribution >= 0.6 is 0 Å². The van der Waals surface area contributed by atoms with Crippen LogP contribution < -0.4 is 5.56 Å². The average Bonchev–Trinajstić information content (AvgIpc) is 2.52. The van der Waals surface area contributed by atoms with Crippen molar-refractivity contribution in [2.24, 2.45) is 0 Å². The molecule has 7 nitrogen and oxygen atoms in total. The van der Waals surface area contributed by atoms with Crippen molar-refractivity contribution in [3.05, 3.63) is 72.7 Å². The molecule has 1 heterocycles. The minimum absolute atomic E-state index is 0.345. The average molecular weight is 325 g/mol. The number of ketones is 1. The number of aromatic nitrogens is 1. The van der Waals surface area contributed by atoms with Crippen LogP contribution in [0.2, 0.25) is 0 Å². The van der Waals surface area contributed by atoms with Crippen LogP contribution in [0.15, 0.2) is 29.2 Å². The SMILES string of the molecule is Cc1cc(C)c(C(=O)Cn2cc([N+](=O)[O-])cc(C#N)c2=O)cc1C. The number of rotatable bonds is 4. The number of carbonyl (C=O) groups is 1. The van der Waals surface area contributed by atoms with Crippen LogP contribution in [0, 0.1) is 42.2 Å². The summed E-state index contributed by atoms with van der Waals surface area (Å²) in [6, 6.07) is 6.14. The highest BCUT2D eigenvalue weighted by Gasteiger charge is 2.17. The van der Waals surface area contributed by atoms with E-state index in [1.807, 2.05) is 19.9 Å². The van der Waals surface area contributed by atoms with Gasteiger partial charge in [-0.1, -0.05) is 6.07 Å². The second-order valence-corrected chi connectivity index (χ2v) is 5.59. The molecule has 2 rings (SSSR count). The summed E-state index contributed by atoms with van der Waals surface area (Å²) in [5, 5.41) is 19.9. The van der Waals surface area contributed by atoms with Crippen molar-refractivity contribution in [3.8, 4) is 6.07 Å². The summed E-state index contributed by atoms with van der Waals surface area (Å²) < 4.78 is 0.910. The molecule has 0 spiro atoms. The van der Waals surface area contributed by atoms with Crippen LogP contribution in [0.25, 0.3) is 0 Å². The Morgan fingerprint density at radius 3 is 2.42 bits per heavy atom. The topological polar surface area (TPSA) is 106 Å². The number of pyridine rings is 1. The van der Waals surface area contributed by atoms with Gasteiger partial charge in [0.1, 0.15) is 11.6 Å². The number of benzene rings is 1. The van der Waals surface area contributed by atoms with Gasteiger partial charge in [0.25, 0.3) is 11.2 Å². The van der Waals surface area contributed by atoms with E-state index >= 15 is 0 Å². The second kappa shape index (κ2) is 6.46. The Bertz CT molecular complexity index is 952. The first-order valence-corrected chi connectivity index (χ1v) is 7.14. The molecule has 0 atom stereocenters. The Morgan fingerprint density at radius 1 is 1.21 bits per heavy atom. The number of hydrogen-bond acceptors (Lipinski definition) is 5. The predicted octanol–water partition coefficient (Wildman–Crippen LogP) is 2.44. The standard InChI is InChI=1S/C17H15N3O4/c1-10-4-12(3)15(5-11(10)2)16(21)9-19-8-14(20(23)24)6-13(7-18)17(19)22/h4-6,8H,9H2,1-3H3. The molecule has 0 aliphatic rings. The van der Waals surface area contributed by atoms with E-state index in [1.54, 1.807) is 19.1 Å². The number of nitro groups is 1. The van der Waals surface area contributed by atoms with Gasteiger partial charge in [-0.15, -0.1) is 0 Å². The smallest absolute Gasteiger partial charge is 0.287 e. The first kappa shape index (κ1) is 17.1. The molecule has 1 aromatic heterocycles. The van der Waals surface area contributed by atoms with E-state index in [4.69, 9.17) is 5.26 Å². The summed E-state index contributed by atoms with van der Waals surface area (Å²) >= 11 is 0. The maximum absolute atomic E-state index is 12.5. The molecule has 24 heavy (non-hydrogen) atoms. The van der Waals surface area contributed by atoms with E-state index in [2.05, 4.69) is 0 Å². The van der Waals surface area contributed by atoms with Crippen molar-refractivity contribution in [2.45, 2.75) is 27.3 Å². The van der Waals surface area contributed by atoms with Crippen molar-refractivity contribution >= 4 is 11.5 Å². The fraction of sp³-hybridized carbons (Fsp3) is 0.235. The summed E-state index contributed by atoms with van der Waals surface area (Å²) in [5.41, 5.74) is 1.70. The van der Waals surface area contributed by atoms with Crippen molar-refractivity contribution in [1.29, 1.82) is 5.26 Å². The predicted molar refractivity (Wildman–Crippen MR) is 87.1 cm³/mol. The fourth-order valence-electron chi connectivity index (χ4n) is 2.42. The number of hydrogen-bond donors (Lipinski definition) is 0. The molecule has 0 saturated heterocycles. The Morgan fingerprint density at radius 2 is 1.83 bits per heavy atom. The Balaban J connectivity index is 2.48. The third-order valence-electron chi connectivity index (χ3n) is 3.86. The first-order chi connectivity index (χ1) is 11.2. The molecular formula is C17H15N3O4. The van der Waals surface area contributed by atoms with E-state index < -0.39 is 16.2 Å². The highest BCUT2D eigenvalue weighted by molar-refractivity contribution is 5.97. The number of Topliss-reactive ketones (excluding diaryl/α,β-unsaturated/α-hetero) is 1. The molecule has 0 aliphatic heterocycles. The summed E-state index contributed by atoms with van der Waals surface area (Å²) in [6.07, 6.45) is 0.984. The molecule has 0 saturated carbocycles. The molecule has 0 fully saturated rings. The highest BCUT2D eigenvalue weighted by Crippen LogP contribution is 2.17. The lowest BCUT2D eigenvalue weighted by Crippen LogP contribution is -2.26. The molecule has 0 aliphatic carbocycles. The van der Waals surface area contributed by atoms with E-state index in [1.165, 1.54) is 0 Å². The van der Waals surface area contributed by atoms with Gasteiger partial charge in [0.05, 0.1) is 17.7 Å². The van der Waals surface area contributed by atoms with Gasteiger partial charge in [-0.3, -0.25) is 24.3 Å².